The van der Waals surface area contributed by atoms with Gasteiger partial charge >= 0.3 is 0 Å². The van der Waals surface area contributed by atoms with Crippen molar-refractivity contribution in [3.8, 4) is 5.75 Å². The first kappa shape index (κ1) is 22.0. The fraction of sp³-hybridized carbons (Fsp3) is 0.0833. The Labute approximate surface area is 205 Å². The molecule has 0 saturated heterocycles. The molecule has 10 heteroatoms. The number of thioether (sulfide) groups is 1. The summed E-state index contributed by atoms with van der Waals surface area (Å²) >= 11 is 8.01. The second-order valence-electron chi connectivity index (χ2n) is 7.30. The van der Waals surface area contributed by atoms with Gasteiger partial charge < -0.3 is 20.7 Å². The maximum Gasteiger partial charge on any atom is 0.255 e. The maximum atomic E-state index is 12.7. The van der Waals surface area contributed by atoms with Gasteiger partial charge in [-0.15, -0.1) is 11.8 Å². The van der Waals surface area contributed by atoms with Crippen molar-refractivity contribution in [2.24, 2.45) is 0 Å². The topological polar surface area (TPSA) is 101 Å². The SMILES string of the molecule is O=C(Nc1cc2cc(c1)OCCSc1cccc(c1)Nc1nc(ncc1Cl)N2)c1ccncc1. The van der Waals surface area contributed by atoms with Crippen LogP contribution in [0.5, 0.6) is 5.75 Å². The number of rotatable bonds is 2. The van der Waals surface area contributed by atoms with E-state index in [1.165, 1.54) is 6.20 Å². The zero-order chi connectivity index (χ0) is 23.3. The Hall–Kier alpha value is -3.82. The lowest BCUT2D eigenvalue weighted by atomic mass is 10.2. The van der Waals surface area contributed by atoms with Crippen LogP contribution in [0.2, 0.25) is 5.02 Å². The smallest absolute Gasteiger partial charge is 0.255 e. The Kier molecular flexibility index (Phi) is 6.46. The van der Waals surface area contributed by atoms with Gasteiger partial charge in [0.05, 0.1) is 12.8 Å². The number of nitrogens with zero attached hydrogens (tertiary/aromatic N) is 3. The third-order valence-corrected chi connectivity index (χ3v) is 6.06. The molecule has 3 N–H and O–H groups in total. The van der Waals surface area contributed by atoms with Crippen LogP contribution in [-0.2, 0) is 0 Å². The lowest BCUT2D eigenvalue weighted by molar-refractivity contribution is 0.102. The molecule has 1 amide bonds. The molecule has 1 aliphatic rings. The highest BCUT2D eigenvalue weighted by Crippen LogP contribution is 2.31. The van der Waals surface area contributed by atoms with Gasteiger partial charge in [-0.3, -0.25) is 9.78 Å². The molecule has 34 heavy (non-hydrogen) atoms. The molecule has 0 aliphatic carbocycles. The number of amides is 1. The van der Waals surface area contributed by atoms with Crippen LogP contribution in [0.1, 0.15) is 10.4 Å². The normalized spacial score (nSPS) is 12.7. The fourth-order valence-corrected chi connectivity index (χ4v) is 4.22. The third-order valence-electron chi connectivity index (χ3n) is 4.82. The second kappa shape index (κ2) is 9.98. The highest BCUT2D eigenvalue weighted by atomic mass is 35.5. The standard InChI is InChI=1S/C24H19ClN6O2S/c25-21-14-27-24-30-18-10-17(29-23(32)15-4-6-26-7-5-15)11-19(12-18)33-8-9-34-20-3-1-2-16(13-20)28-22(21)31-24/h1-7,10-14H,8-9H2,(H,29,32)(H2,27,28,30,31). The van der Waals surface area contributed by atoms with E-state index >= 15 is 0 Å². The highest BCUT2D eigenvalue weighted by molar-refractivity contribution is 7.99. The van der Waals surface area contributed by atoms with Crippen molar-refractivity contribution in [2.75, 3.05) is 28.3 Å². The van der Waals surface area contributed by atoms with Crippen LogP contribution >= 0.6 is 23.4 Å². The third kappa shape index (κ3) is 5.38. The van der Waals surface area contributed by atoms with Gasteiger partial charge in [0, 0.05) is 57.8 Å². The van der Waals surface area contributed by atoms with E-state index in [0.29, 0.717) is 46.1 Å². The molecule has 0 fully saturated rings. The number of hydrogen-bond acceptors (Lipinski definition) is 8. The molecule has 8 nitrogen and oxygen atoms in total. The Bertz CT molecular complexity index is 1340. The number of carbonyl (C=O) groups excluding carboxylic acids is 1. The summed E-state index contributed by atoms with van der Waals surface area (Å²) in [5.74, 6) is 1.92. The number of benzene rings is 2. The average molecular weight is 491 g/mol. The van der Waals surface area contributed by atoms with E-state index in [1.54, 1.807) is 48.4 Å². The zero-order valence-corrected chi connectivity index (χ0v) is 19.4. The van der Waals surface area contributed by atoms with E-state index in [9.17, 15) is 4.79 Å². The number of carbonyl (C=O) groups is 1. The molecule has 0 atom stereocenters. The van der Waals surface area contributed by atoms with Crippen LogP contribution < -0.4 is 20.7 Å². The van der Waals surface area contributed by atoms with Crippen molar-refractivity contribution in [3.05, 3.63) is 83.8 Å². The van der Waals surface area contributed by atoms with Crippen LogP contribution in [0.4, 0.5) is 28.8 Å². The van der Waals surface area contributed by atoms with Gasteiger partial charge in [-0.1, -0.05) is 17.7 Å². The molecule has 3 heterocycles. The Morgan fingerprint density at radius 1 is 1.06 bits per heavy atom. The molecule has 0 saturated carbocycles. The zero-order valence-electron chi connectivity index (χ0n) is 17.8. The molecule has 0 radical (unpaired) electrons. The quantitative estimate of drug-likeness (QED) is 0.326. The predicted molar refractivity (Wildman–Crippen MR) is 135 cm³/mol. The molecule has 0 spiro atoms. The van der Waals surface area contributed by atoms with E-state index in [0.717, 1.165) is 16.3 Å². The summed E-state index contributed by atoms with van der Waals surface area (Å²) in [5, 5.41) is 9.73. The van der Waals surface area contributed by atoms with Gasteiger partial charge in [0.15, 0.2) is 5.82 Å². The highest BCUT2D eigenvalue weighted by Gasteiger charge is 2.12. The molecule has 1 aliphatic heterocycles. The Balaban J connectivity index is 1.48. The van der Waals surface area contributed by atoms with Crippen molar-refractivity contribution in [3.63, 3.8) is 0 Å². The van der Waals surface area contributed by atoms with Crippen LogP contribution in [0.25, 0.3) is 0 Å². The van der Waals surface area contributed by atoms with Gasteiger partial charge in [-0.05, 0) is 36.4 Å². The maximum absolute atomic E-state index is 12.7. The fourth-order valence-electron chi connectivity index (χ4n) is 3.30. The van der Waals surface area contributed by atoms with Crippen LogP contribution in [0.15, 0.2) is 78.1 Å². The molecule has 2 aromatic carbocycles. The number of fused-ring (bicyclic) bond motifs is 6. The summed E-state index contributed by atoms with van der Waals surface area (Å²) < 4.78 is 6.00. The van der Waals surface area contributed by atoms with Gasteiger partial charge in [0.2, 0.25) is 5.95 Å². The van der Waals surface area contributed by atoms with Crippen molar-refractivity contribution in [2.45, 2.75) is 4.90 Å². The van der Waals surface area contributed by atoms with E-state index in [4.69, 9.17) is 16.3 Å². The summed E-state index contributed by atoms with van der Waals surface area (Å²) in [6.07, 6.45) is 4.68. The van der Waals surface area contributed by atoms with Gasteiger partial charge in [0.25, 0.3) is 5.91 Å². The van der Waals surface area contributed by atoms with Crippen LogP contribution in [0, 0.1) is 0 Å². The largest absolute Gasteiger partial charge is 0.493 e. The second-order valence-corrected chi connectivity index (χ2v) is 8.88. The van der Waals surface area contributed by atoms with Crippen molar-refractivity contribution < 1.29 is 9.53 Å². The van der Waals surface area contributed by atoms with Crippen molar-refractivity contribution in [1.29, 1.82) is 0 Å². The monoisotopic (exact) mass is 490 g/mol. The molecular formula is C24H19ClN6O2S. The minimum atomic E-state index is -0.250. The molecule has 0 unspecified atom stereocenters. The van der Waals surface area contributed by atoms with E-state index in [2.05, 4.69) is 30.9 Å². The van der Waals surface area contributed by atoms with Crippen molar-refractivity contribution >= 4 is 58.1 Å². The number of hydrogen-bond donors (Lipinski definition) is 3. The first-order chi connectivity index (χ1) is 16.6. The lowest BCUT2D eigenvalue weighted by Crippen LogP contribution is -2.12. The minimum Gasteiger partial charge on any atom is -0.493 e. The number of aromatic nitrogens is 3. The molecule has 170 valence electrons. The number of halogens is 1. The van der Waals surface area contributed by atoms with Crippen LogP contribution in [-0.4, -0.2) is 33.2 Å². The first-order valence-electron chi connectivity index (χ1n) is 10.4. The first-order valence-corrected chi connectivity index (χ1v) is 11.8. The van der Waals surface area contributed by atoms with Gasteiger partial charge in [-0.25, -0.2) is 4.98 Å². The number of nitrogens with one attached hydrogen (secondary N) is 3. The summed E-state index contributed by atoms with van der Waals surface area (Å²) in [5.41, 5.74) is 2.59. The Morgan fingerprint density at radius 3 is 2.82 bits per heavy atom. The summed E-state index contributed by atoms with van der Waals surface area (Å²) in [7, 11) is 0. The lowest BCUT2D eigenvalue weighted by Gasteiger charge is -2.13. The van der Waals surface area contributed by atoms with E-state index in [1.807, 2.05) is 30.3 Å². The summed E-state index contributed by atoms with van der Waals surface area (Å²) in [6, 6.07) is 16.7. The number of pyridine rings is 1. The number of anilines is 5. The van der Waals surface area contributed by atoms with Crippen LogP contribution in [0.3, 0.4) is 0 Å². The average Bonchev–Trinajstić information content (AvgIpc) is 2.84. The van der Waals surface area contributed by atoms with Gasteiger partial charge in [-0.2, -0.15) is 4.98 Å². The van der Waals surface area contributed by atoms with E-state index < -0.39 is 0 Å². The summed E-state index contributed by atoms with van der Waals surface area (Å²) in [4.78, 5) is 26.5. The van der Waals surface area contributed by atoms with E-state index in [-0.39, 0.29) is 5.91 Å². The van der Waals surface area contributed by atoms with Gasteiger partial charge in [0.1, 0.15) is 10.8 Å². The predicted octanol–water partition coefficient (Wildman–Crippen LogP) is 5.75. The molecule has 5 rings (SSSR count). The molecule has 4 aromatic rings. The number of ether oxygens (including phenoxy) is 1. The minimum absolute atomic E-state index is 0.250. The molecule has 2 aromatic heterocycles. The Morgan fingerprint density at radius 2 is 1.94 bits per heavy atom. The molecule has 6 bridgehead atoms. The van der Waals surface area contributed by atoms with Crippen molar-refractivity contribution in [1.82, 2.24) is 15.0 Å². The summed E-state index contributed by atoms with van der Waals surface area (Å²) in [6.45, 7) is 0.486. The molecular weight excluding hydrogens is 472 g/mol.